The molecular weight excluding hydrogens is 388 g/mol. The van der Waals surface area contributed by atoms with E-state index in [1.165, 1.54) is 24.2 Å². The summed E-state index contributed by atoms with van der Waals surface area (Å²) < 4.78 is 0. The monoisotopic (exact) mass is 426 g/mol. The number of benzene rings is 1. The highest BCUT2D eigenvalue weighted by Crippen LogP contribution is 2.35. The van der Waals surface area contributed by atoms with E-state index in [0.717, 1.165) is 55.3 Å². The fraction of sp³-hybridized carbons (Fsp3) is 0.615. The van der Waals surface area contributed by atoms with Gasteiger partial charge >= 0.3 is 0 Å². The van der Waals surface area contributed by atoms with E-state index < -0.39 is 0 Å². The molecule has 1 unspecified atom stereocenters. The summed E-state index contributed by atoms with van der Waals surface area (Å²) in [5.41, 5.74) is 4.11. The number of carbonyl (C=O) groups excluding carboxylic acids is 2. The quantitative estimate of drug-likeness (QED) is 0.444. The summed E-state index contributed by atoms with van der Waals surface area (Å²) in [4.78, 5) is 30.5. The Morgan fingerprint density at radius 1 is 1.03 bits per heavy atom. The molecule has 0 bridgehead atoms. The molecular formula is C26H38N2O3. The third-order valence-corrected chi connectivity index (χ3v) is 6.62. The van der Waals surface area contributed by atoms with Crippen LogP contribution in [0.3, 0.4) is 0 Å². The van der Waals surface area contributed by atoms with Crippen LogP contribution < -0.4 is 0 Å². The molecule has 5 heteroatoms. The SMILES string of the molecule is CCCCCCCCN1C(=O)C(c2ccc(C)cc2C)=C(N2CCCC(CO)C2)C1=O. The summed E-state index contributed by atoms with van der Waals surface area (Å²) in [5.74, 6) is -0.170. The standard InChI is InChI=1S/C26H38N2O3/c1-4-5-6-7-8-9-15-28-25(30)23(22-13-12-19(2)16-20(22)3)24(26(28)31)27-14-10-11-21(17-27)18-29/h12-13,16,21,29H,4-11,14-15,17-18H2,1-3H3. The molecule has 0 aromatic heterocycles. The lowest BCUT2D eigenvalue weighted by Gasteiger charge is -2.34. The smallest absolute Gasteiger partial charge is 0.277 e. The van der Waals surface area contributed by atoms with Crippen molar-refractivity contribution in [3.8, 4) is 0 Å². The Morgan fingerprint density at radius 2 is 1.77 bits per heavy atom. The van der Waals surface area contributed by atoms with Gasteiger partial charge in [0.05, 0.1) is 5.57 Å². The van der Waals surface area contributed by atoms with Gasteiger partial charge in [-0.3, -0.25) is 14.5 Å². The number of carbonyl (C=O) groups is 2. The molecule has 2 aliphatic heterocycles. The van der Waals surface area contributed by atoms with Gasteiger partial charge in [-0.25, -0.2) is 0 Å². The fourth-order valence-corrected chi connectivity index (χ4v) is 4.86. The molecule has 2 heterocycles. The zero-order chi connectivity index (χ0) is 22.4. The number of imide groups is 1. The maximum Gasteiger partial charge on any atom is 0.277 e. The highest BCUT2D eigenvalue weighted by atomic mass is 16.3. The van der Waals surface area contributed by atoms with E-state index in [-0.39, 0.29) is 24.3 Å². The molecule has 1 aromatic carbocycles. The highest BCUT2D eigenvalue weighted by Gasteiger charge is 2.42. The van der Waals surface area contributed by atoms with Crippen molar-refractivity contribution in [3.05, 3.63) is 40.6 Å². The molecule has 2 amide bonds. The highest BCUT2D eigenvalue weighted by molar-refractivity contribution is 6.35. The Labute approximate surface area is 187 Å². The first kappa shape index (κ1) is 23.5. The first-order valence-electron chi connectivity index (χ1n) is 12.0. The van der Waals surface area contributed by atoms with Gasteiger partial charge in [-0.1, -0.05) is 62.8 Å². The van der Waals surface area contributed by atoms with Crippen molar-refractivity contribution in [3.63, 3.8) is 0 Å². The van der Waals surface area contributed by atoms with Crippen LogP contribution in [-0.4, -0.2) is 53.0 Å². The van der Waals surface area contributed by atoms with Gasteiger partial charge < -0.3 is 10.0 Å². The zero-order valence-corrected chi connectivity index (χ0v) is 19.5. The number of hydrogen-bond donors (Lipinski definition) is 1. The van der Waals surface area contributed by atoms with Crippen LogP contribution in [0.25, 0.3) is 5.57 Å². The number of rotatable bonds is 10. The number of piperidine rings is 1. The normalized spacial score (nSPS) is 19.7. The van der Waals surface area contributed by atoms with Gasteiger partial charge in [0.15, 0.2) is 0 Å². The third kappa shape index (κ3) is 5.38. The second-order valence-electron chi connectivity index (χ2n) is 9.21. The number of likely N-dealkylation sites (tertiary alicyclic amines) is 1. The molecule has 1 atom stereocenters. The van der Waals surface area contributed by atoms with Crippen molar-refractivity contribution in [1.82, 2.24) is 9.80 Å². The van der Waals surface area contributed by atoms with E-state index in [2.05, 4.69) is 17.9 Å². The molecule has 2 aliphatic rings. The summed E-state index contributed by atoms with van der Waals surface area (Å²) in [6.45, 7) is 8.23. The molecule has 0 spiro atoms. The average molecular weight is 427 g/mol. The summed E-state index contributed by atoms with van der Waals surface area (Å²) in [6, 6.07) is 6.06. The molecule has 1 saturated heterocycles. The Bertz CT molecular complexity index is 830. The predicted molar refractivity (Wildman–Crippen MR) is 124 cm³/mol. The van der Waals surface area contributed by atoms with Gasteiger partial charge in [0.25, 0.3) is 11.8 Å². The molecule has 31 heavy (non-hydrogen) atoms. The lowest BCUT2D eigenvalue weighted by atomic mass is 9.95. The van der Waals surface area contributed by atoms with E-state index in [1.807, 2.05) is 26.0 Å². The molecule has 1 N–H and O–H groups in total. The van der Waals surface area contributed by atoms with Crippen LogP contribution in [0.2, 0.25) is 0 Å². The van der Waals surface area contributed by atoms with Crippen LogP contribution in [0.1, 0.15) is 75.0 Å². The maximum atomic E-state index is 13.5. The molecule has 1 fully saturated rings. The number of aryl methyl sites for hydroxylation is 2. The number of aliphatic hydroxyl groups is 1. The summed E-state index contributed by atoms with van der Waals surface area (Å²) in [6.07, 6.45) is 8.60. The largest absolute Gasteiger partial charge is 0.396 e. The van der Waals surface area contributed by atoms with Crippen LogP contribution in [0, 0.1) is 19.8 Å². The van der Waals surface area contributed by atoms with E-state index >= 15 is 0 Å². The van der Waals surface area contributed by atoms with E-state index in [1.54, 1.807) is 0 Å². The Hall–Kier alpha value is -2.14. The van der Waals surface area contributed by atoms with Crippen LogP contribution in [0.4, 0.5) is 0 Å². The van der Waals surface area contributed by atoms with Crippen molar-refractivity contribution >= 4 is 17.4 Å². The molecule has 3 rings (SSSR count). The molecule has 0 radical (unpaired) electrons. The molecule has 170 valence electrons. The molecule has 1 aromatic rings. The van der Waals surface area contributed by atoms with Crippen molar-refractivity contribution in [2.75, 3.05) is 26.2 Å². The minimum Gasteiger partial charge on any atom is -0.396 e. The summed E-state index contributed by atoms with van der Waals surface area (Å²) >= 11 is 0. The van der Waals surface area contributed by atoms with Crippen molar-refractivity contribution in [2.24, 2.45) is 5.92 Å². The third-order valence-electron chi connectivity index (χ3n) is 6.62. The predicted octanol–water partition coefficient (Wildman–Crippen LogP) is 4.45. The van der Waals surface area contributed by atoms with E-state index in [0.29, 0.717) is 24.4 Å². The minimum absolute atomic E-state index is 0.117. The second kappa shape index (κ2) is 10.9. The van der Waals surface area contributed by atoms with Gasteiger partial charge in [0.1, 0.15) is 5.70 Å². The van der Waals surface area contributed by atoms with Gasteiger partial charge in [-0.15, -0.1) is 0 Å². The maximum absolute atomic E-state index is 13.5. The van der Waals surface area contributed by atoms with Gasteiger partial charge in [-0.05, 0) is 50.2 Å². The minimum atomic E-state index is -0.161. The average Bonchev–Trinajstić information content (AvgIpc) is 3.00. The molecule has 0 saturated carbocycles. The van der Waals surface area contributed by atoms with Crippen LogP contribution in [-0.2, 0) is 9.59 Å². The van der Waals surface area contributed by atoms with Gasteiger partial charge in [0, 0.05) is 26.2 Å². The number of nitrogens with zero attached hydrogens (tertiary/aromatic N) is 2. The lowest BCUT2D eigenvalue weighted by Crippen LogP contribution is -2.40. The Balaban J connectivity index is 1.86. The van der Waals surface area contributed by atoms with E-state index in [9.17, 15) is 14.7 Å². The summed E-state index contributed by atoms with van der Waals surface area (Å²) in [5, 5.41) is 9.68. The van der Waals surface area contributed by atoms with E-state index in [4.69, 9.17) is 0 Å². The van der Waals surface area contributed by atoms with Gasteiger partial charge in [-0.2, -0.15) is 0 Å². The summed E-state index contributed by atoms with van der Waals surface area (Å²) in [7, 11) is 0. The number of hydrogen-bond acceptors (Lipinski definition) is 4. The van der Waals surface area contributed by atoms with Crippen LogP contribution >= 0.6 is 0 Å². The second-order valence-corrected chi connectivity index (χ2v) is 9.21. The first-order valence-corrected chi connectivity index (χ1v) is 12.0. The van der Waals surface area contributed by atoms with Gasteiger partial charge in [0.2, 0.25) is 0 Å². The Morgan fingerprint density at radius 3 is 2.48 bits per heavy atom. The first-order chi connectivity index (χ1) is 15.0. The van der Waals surface area contributed by atoms with Crippen LogP contribution in [0.5, 0.6) is 0 Å². The van der Waals surface area contributed by atoms with Crippen LogP contribution in [0.15, 0.2) is 23.9 Å². The molecule has 0 aliphatic carbocycles. The van der Waals surface area contributed by atoms with Crippen molar-refractivity contribution in [2.45, 2.75) is 72.1 Å². The van der Waals surface area contributed by atoms with Crippen molar-refractivity contribution in [1.29, 1.82) is 0 Å². The lowest BCUT2D eigenvalue weighted by molar-refractivity contribution is -0.137. The Kier molecular flexibility index (Phi) is 8.30. The zero-order valence-electron chi connectivity index (χ0n) is 19.5. The number of unbranched alkanes of at least 4 members (excludes halogenated alkanes) is 5. The topological polar surface area (TPSA) is 60.9 Å². The van der Waals surface area contributed by atoms with Crippen molar-refractivity contribution < 1.29 is 14.7 Å². The number of amides is 2. The number of aliphatic hydroxyl groups excluding tert-OH is 1. The fourth-order valence-electron chi connectivity index (χ4n) is 4.86. The molecule has 5 nitrogen and oxygen atoms in total.